The molecule has 0 N–H and O–H groups in total. The van der Waals surface area contributed by atoms with Gasteiger partial charge in [0, 0.05) is 22.9 Å². The number of hydrogen-bond donors (Lipinski definition) is 0. The topological polar surface area (TPSA) is 40.6 Å². The maximum absolute atomic E-state index is 13.4. The molecule has 0 saturated carbocycles. The minimum absolute atomic E-state index is 0.0111. The number of carbonyl (C=O) groups excluding carboxylic acids is 2. The fourth-order valence-electron chi connectivity index (χ4n) is 3.74. The molecule has 0 radical (unpaired) electrons. The van der Waals surface area contributed by atoms with E-state index in [1.807, 2.05) is 57.7 Å². The van der Waals surface area contributed by atoms with Crippen LogP contribution < -0.4 is 0 Å². The zero-order valence-corrected chi connectivity index (χ0v) is 18.3. The minimum Gasteiger partial charge on any atom is -0.331 e. The van der Waals surface area contributed by atoms with Crippen LogP contribution in [0, 0.1) is 5.41 Å². The molecule has 150 valence electrons. The molecular weight excluding hydrogens is 368 g/mol. The van der Waals surface area contributed by atoms with Crippen molar-refractivity contribution in [3.63, 3.8) is 0 Å². The molecule has 0 aliphatic carbocycles. The molecule has 0 unspecified atom stereocenters. The molecule has 1 aliphatic rings. The Labute approximate surface area is 172 Å². The SMILES string of the molecule is CC(C)N(CC(=O)N1CCc2sccc2[C@H]1c1ccccc1)C(=O)C(C)(C)C. The highest BCUT2D eigenvalue weighted by Crippen LogP contribution is 2.37. The molecule has 28 heavy (non-hydrogen) atoms. The average Bonchev–Trinajstić information content (AvgIpc) is 3.13. The van der Waals surface area contributed by atoms with Gasteiger partial charge >= 0.3 is 0 Å². The predicted molar refractivity (Wildman–Crippen MR) is 114 cm³/mol. The molecule has 2 amide bonds. The van der Waals surface area contributed by atoms with Gasteiger partial charge in [-0.1, -0.05) is 51.1 Å². The molecule has 1 aromatic carbocycles. The largest absolute Gasteiger partial charge is 0.331 e. The number of carbonyl (C=O) groups is 2. The van der Waals surface area contributed by atoms with E-state index in [-0.39, 0.29) is 30.4 Å². The second-order valence-electron chi connectivity index (χ2n) is 8.73. The summed E-state index contributed by atoms with van der Waals surface area (Å²) in [5.74, 6) is 0.0253. The third-order valence-corrected chi connectivity index (χ3v) is 6.23. The Balaban J connectivity index is 1.90. The molecular formula is C23H30N2O2S. The van der Waals surface area contributed by atoms with Gasteiger partial charge in [-0.05, 0) is 42.8 Å². The molecule has 2 aromatic rings. The maximum Gasteiger partial charge on any atom is 0.243 e. The van der Waals surface area contributed by atoms with E-state index in [2.05, 4.69) is 23.6 Å². The second kappa shape index (κ2) is 8.08. The summed E-state index contributed by atoms with van der Waals surface area (Å²) >= 11 is 1.76. The predicted octanol–water partition coefficient (Wildman–Crippen LogP) is 4.51. The lowest BCUT2D eigenvalue weighted by atomic mass is 9.92. The lowest BCUT2D eigenvalue weighted by Crippen LogP contribution is -2.51. The van der Waals surface area contributed by atoms with Crippen LogP contribution in [-0.2, 0) is 16.0 Å². The Kier molecular flexibility index (Phi) is 5.94. The summed E-state index contributed by atoms with van der Waals surface area (Å²) in [7, 11) is 0. The Bertz CT molecular complexity index is 836. The fourth-order valence-corrected chi connectivity index (χ4v) is 4.64. The summed E-state index contributed by atoms with van der Waals surface area (Å²) in [5.41, 5.74) is 1.83. The normalized spacial score (nSPS) is 16.8. The Hall–Kier alpha value is -2.14. The number of hydrogen-bond acceptors (Lipinski definition) is 3. The van der Waals surface area contributed by atoms with Gasteiger partial charge in [0.25, 0.3) is 0 Å². The van der Waals surface area contributed by atoms with E-state index in [1.165, 1.54) is 10.4 Å². The van der Waals surface area contributed by atoms with Crippen molar-refractivity contribution in [3.8, 4) is 0 Å². The number of amides is 2. The molecule has 0 spiro atoms. The third-order valence-electron chi connectivity index (χ3n) is 5.23. The van der Waals surface area contributed by atoms with Crippen molar-refractivity contribution in [1.82, 2.24) is 9.80 Å². The van der Waals surface area contributed by atoms with Crippen molar-refractivity contribution in [2.75, 3.05) is 13.1 Å². The van der Waals surface area contributed by atoms with Crippen LogP contribution in [0.4, 0.5) is 0 Å². The van der Waals surface area contributed by atoms with Gasteiger partial charge in [0.15, 0.2) is 0 Å². The van der Waals surface area contributed by atoms with E-state index in [0.717, 1.165) is 12.0 Å². The molecule has 5 heteroatoms. The van der Waals surface area contributed by atoms with Gasteiger partial charge in [0.2, 0.25) is 11.8 Å². The summed E-state index contributed by atoms with van der Waals surface area (Å²) in [5, 5.41) is 2.11. The highest BCUT2D eigenvalue weighted by atomic mass is 32.1. The average molecular weight is 399 g/mol. The fraction of sp³-hybridized carbons (Fsp3) is 0.478. The van der Waals surface area contributed by atoms with Gasteiger partial charge in [-0.15, -0.1) is 11.3 Å². The van der Waals surface area contributed by atoms with Crippen molar-refractivity contribution >= 4 is 23.2 Å². The first-order valence-electron chi connectivity index (χ1n) is 9.92. The second-order valence-corrected chi connectivity index (χ2v) is 9.73. The number of benzene rings is 1. The van der Waals surface area contributed by atoms with Gasteiger partial charge < -0.3 is 9.80 Å². The molecule has 4 nitrogen and oxygen atoms in total. The van der Waals surface area contributed by atoms with Crippen molar-refractivity contribution in [2.24, 2.45) is 5.41 Å². The minimum atomic E-state index is -0.508. The van der Waals surface area contributed by atoms with Crippen LogP contribution in [0.1, 0.15) is 56.7 Å². The van der Waals surface area contributed by atoms with Crippen molar-refractivity contribution in [2.45, 2.75) is 53.1 Å². The lowest BCUT2D eigenvalue weighted by molar-refractivity contribution is -0.148. The van der Waals surface area contributed by atoms with Gasteiger partial charge in [-0.2, -0.15) is 0 Å². The molecule has 1 aliphatic heterocycles. The van der Waals surface area contributed by atoms with E-state index >= 15 is 0 Å². The molecule has 1 atom stereocenters. The monoisotopic (exact) mass is 398 g/mol. The first-order valence-corrected chi connectivity index (χ1v) is 10.8. The van der Waals surface area contributed by atoms with Crippen LogP contribution in [0.15, 0.2) is 41.8 Å². The van der Waals surface area contributed by atoms with Crippen molar-refractivity contribution < 1.29 is 9.59 Å². The van der Waals surface area contributed by atoms with Gasteiger partial charge in [-0.3, -0.25) is 9.59 Å². The molecule has 3 rings (SSSR count). The Morgan fingerprint density at radius 1 is 1.18 bits per heavy atom. The Morgan fingerprint density at radius 2 is 1.86 bits per heavy atom. The summed E-state index contributed by atoms with van der Waals surface area (Å²) < 4.78 is 0. The van der Waals surface area contributed by atoms with Crippen LogP contribution in [0.3, 0.4) is 0 Å². The number of thiophene rings is 1. The lowest BCUT2D eigenvalue weighted by Gasteiger charge is -2.39. The first-order chi connectivity index (χ1) is 13.2. The van der Waals surface area contributed by atoms with E-state index in [1.54, 1.807) is 16.2 Å². The quantitative estimate of drug-likeness (QED) is 0.760. The molecule has 0 fully saturated rings. The smallest absolute Gasteiger partial charge is 0.243 e. The van der Waals surface area contributed by atoms with Crippen LogP contribution in [0.25, 0.3) is 0 Å². The number of rotatable bonds is 4. The molecule has 0 saturated heterocycles. The summed E-state index contributed by atoms with van der Waals surface area (Å²) in [4.78, 5) is 31.3. The van der Waals surface area contributed by atoms with Crippen molar-refractivity contribution in [1.29, 1.82) is 0 Å². The summed E-state index contributed by atoms with van der Waals surface area (Å²) in [6.07, 6.45) is 0.872. The van der Waals surface area contributed by atoms with E-state index in [4.69, 9.17) is 0 Å². The van der Waals surface area contributed by atoms with Crippen LogP contribution >= 0.6 is 11.3 Å². The van der Waals surface area contributed by atoms with Gasteiger partial charge in [0.05, 0.1) is 6.04 Å². The molecule has 0 bridgehead atoms. The van der Waals surface area contributed by atoms with Crippen molar-refractivity contribution in [3.05, 3.63) is 57.8 Å². The third kappa shape index (κ3) is 4.14. The standard InChI is InChI=1S/C23H30N2O2S/c1-16(2)25(22(27)23(3,4)5)15-20(26)24-13-11-19-18(12-14-28-19)21(24)17-9-7-6-8-10-17/h6-10,12,14,16,21H,11,13,15H2,1-5H3/t21-/m1/s1. The van der Waals surface area contributed by atoms with Crippen LogP contribution in [0.2, 0.25) is 0 Å². The first kappa shape index (κ1) is 20.6. The summed E-state index contributed by atoms with van der Waals surface area (Å²) in [6, 6.07) is 12.2. The van der Waals surface area contributed by atoms with Crippen LogP contribution in [0.5, 0.6) is 0 Å². The number of nitrogens with zero attached hydrogens (tertiary/aromatic N) is 2. The highest BCUT2D eigenvalue weighted by molar-refractivity contribution is 7.10. The van der Waals surface area contributed by atoms with Gasteiger partial charge in [-0.25, -0.2) is 0 Å². The zero-order chi connectivity index (χ0) is 20.5. The molecule has 2 heterocycles. The van der Waals surface area contributed by atoms with Crippen LogP contribution in [-0.4, -0.2) is 40.7 Å². The van der Waals surface area contributed by atoms with E-state index in [0.29, 0.717) is 6.54 Å². The summed E-state index contributed by atoms with van der Waals surface area (Å²) in [6.45, 7) is 10.5. The van der Waals surface area contributed by atoms with E-state index in [9.17, 15) is 9.59 Å². The van der Waals surface area contributed by atoms with E-state index < -0.39 is 5.41 Å². The number of fused-ring (bicyclic) bond motifs is 1. The highest BCUT2D eigenvalue weighted by Gasteiger charge is 2.36. The van der Waals surface area contributed by atoms with Gasteiger partial charge in [0.1, 0.15) is 6.54 Å². The molecule has 1 aromatic heterocycles. The Morgan fingerprint density at radius 3 is 2.46 bits per heavy atom. The maximum atomic E-state index is 13.4. The zero-order valence-electron chi connectivity index (χ0n) is 17.4.